The van der Waals surface area contributed by atoms with Crippen LogP contribution < -0.4 is 20.7 Å². The molecule has 0 bridgehead atoms. The second-order valence-corrected chi connectivity index (χ2v) is 10.1. The molecule has 184 valence electrons. The fraction of sp³-hybridized carbons (Fsp3) is 0.0417. The third-order valence-electron chi connectivity index (χ3n) is 5.30. The van der Waals surface area contributed by atoms with Crippen molar-refractivity contribution in [1.29, 1.82) is 0 Å². The molecule has 4 rings (SSSR count). The van der Waals surface area contributed by atoms with Crippen molar-refractivity contribution in [2.24, 2.45) is 5.14 Å². The summed E-state index contributed by atoms with van der Waals surface area (Å²) >= 11 is 12.3. The Hall–Kier alpha value is -3.70. The van der Waals surface area contributed by atoms with E-state index in [1.54, 1.807) is 31.2 Å². The number of nitrogens with zero attached hydrogens (tertiary/aromatic N) is 1. The maximum atomic E-state index is 12.9. The molecule has 0 aromatic heterocycles. The Morgan fingerprint density at radius 2 is 1.50 bits per heavy atom. The van der Waals surface area contributed by atoms with Gasteiger partial charge in [0.05, 0.1) is 10.6 Å². The Bertz CT molecular complexity index is 1540. The van der Waals surface area contributed by atoms with E-state index in [1.165, 1.54) is 42.5 Å². The van der Waals surface area contributed by atoms with E-state index in [0.29, 0.717) is 27.6 Å². The van der Waals surface area contributed by atoms with Gasteiger partial charge in [-0.2, -0.15) is 0 Å². The molecule has 9 nitrogen and oxygen atoms in total. The Kier molecular flexibility index (Phi) is 6.87. The van der Waals surface area contributed by atoms with Crippen LogP contribution in [0.5, 0.6) is 0 Å². The van der Waals surface area contributed by atoms with Gasteiger partial charge in [0, 0.05) is 22.0 Å². The van der Waals surface area contributed by atoms with Gasteiger partial charge in [-0.05, 0) is 73.2 Å². The molecule has 3 amide bonds. The van der Waals surface area contributed by atoms with Gasteiger partial charge < -0.3 is 10.6 Å². The SMILES string of the molecule is Cc1ccc(N2C(=O)C(Cl)=C(Nc3ccc(C(=O)Nc4ccc(S(N)(=O)=O)cc4)cc3)C2=O)cc1Cl. The molecule has 0 unspecified atom stereocenters. The molecule has 1 aliphatic rings. The number of rotatable bonds is 6. The molecular weight excluding hydrogens is 527 g/mol. The van der Waals surface area contributed by atoms with Crippen molar-refractivity contribution in [1.82, 2.24) is 0 Å². The van der Waals surface area contributed by atoms with Crippen molar-refractivity contribution < 1.29 is 22.8 Å². The minimum atomic E-state index is -3.84. The average molecular weight is 545 g/mol. The van der Waals surface area contributed by atoms with Crippen molar-refractivity contribution in [2.75, 3.05) is 15.5 Å². The minimum Gasteiger partial charge on any atom is -0.350 e. The third-order valence-corrected chi connectivity index (χ3v) is 6.99. The molecule has 0 saturated carbocycles. The smallest absolute Gasteiger partial charge is 0.283 e. The maximum Gasteiger partial charge on any atom is 0.283 e. The Labute approximate surface area is 216 Å². The zero-order valence-corrected chi connectivity index (χ0v) is 20.9. The molecule has 3 aromatic rings. The van der Waals surface area contributed by atoms with Crippen LogP contribution >= 0.6 is 23.2 Å². The van der Waals surface area contributed by atoms with Gasteiger partial charge in [0.2, 0.25) is 10.0 Å². The largest absolute Gasteiger partial charge is 0.350 e. The summed E-state index contributed by atoms with van der Waals surface area (Å²) in [5.41, 5.74) is 2.06. The summed E-state index contributed by atoms with van der Waals surface area (Å²) in [6.07, 6.45) is 0. The second-order valence-electron chi connectivity index (χ2n) is 7.79. The molecule has 0 fully saturated rings. The lowest BCUT2D eigenvalue weighted by Crippen LogP contribution is -2.32. The van der Waals surface area contributed by atoms with Gasteiger partial charge in [-0.15, -0.1) is 0 Å². The van der Waals surface area contributed by atoms with Gasteiger partial charge in [0.15, 0.2) is 0 Å². The van der Waals surface area contributed by atoms with Crippen LogP contribution in [0.1, 0.15) is 15.9 Å². The quantitative estimate of drug-likeness (QED) is 0.401. The van der Waals surface area contributed by atoms with Gasteiger partial charge in [-0.25, -0.2) is 18.5 Å². The van der Waals surface area contributed by atoms with Gasteiger partial charge in [-0.1, -0.05) is 29.3 Å². The van der Waals surface area contributed by atoms with E-state index in [4.69, 9.17) is 28.3 Å². The molecule has 3 aromatic carbocycles. The first-order chi connectivity index (χ1) is 17.0. The van der Waals surface area contributed by atoms with Gasteiger partial charge in [0.25, 0.3) is 17.7 Å². The summed E-state index contributed by atoms with van der Waals surface area (Å²) < 4.78 is 22.7. The molecule has 12 heteroatoms. The molecule has 0 radical (unpaired) electrons. The van der Waals surface area contributed by atoms with E-state index in [0.717, 1.165) is 10.5 Å². The fourth-order valence-electron chi connectivity index (χ4n) is 3.35. The molecule has 36 heavy (non-hydrogen) atoms. The predicted molar refractivity (Wildman–Crippen MR) is 137 cm³/mol. The highest BCUT2D eigenvalue weighted by molar-refractivity contribution is 7.89. The fourth-order valence-corrected chi connectivity index (χ4v) is 4.25. The predicted octanol–water partition coefficient (Wildman–Crippen LogP) is 3.98. The molecule has 4 N–H and O–H groups in total. The highest BCUT2D eigenvalue weighted by Crippen LogP contribution is 2.32. The molecule has 0 aliphatic carbocycles. The topological polar surface area (TPSA) is 139 Å². The normalized spacial score (nSPS) is 13.8. The number of carbonyl (C=O) groups is 3. The lowest BCUT2D eigenvalue weighted by Gasteiger charge is -2.16. The van der Waals surface area contributed by atoms with Crippen LogP contribution in [0.2, 0.25) is 5.02 Å². The number of hydrogen-bond donors (Lipinski definition) is 3. The van der Waals surface area contributed by atoms with Gasteiger partial charge in [0.1, 0.15) is 10.7 Å². The number of benzene rings is 3. The van der Waals surface area contributed by atoms with E-state index in [1.807, 2.05) is 0 Å². The number of aryl methyl sites for hydroxylation is 1. The molecule has 1 aliphatic heterocycles. The zero-order valence-electron chi connectivity index (χ0n) is 18.6. The second kappa shape index (κ2) is 9.75. The van der Waals surface area contributed by atoms with Crippen LogP contribution in [-0.2, 0) is 19.6 Å². The number of halogens is 2. The van der Waals surface area contributed by atoms with Crippen molar-refractivity contribution in [3.63, 3.8) is 0 Å². The molecule has 0 atom stereocenters. The van der Waals surface area contributed by atoms with E-state index in [-0.39, 0.29) is 15.6 Å². The minimum absolute atomic E-state index is 0.0760. The number of sulfonamides is 1. The van der Waals surface area contributed by atoms with E-state index in [9.17, 15) is 22.8 Å². The van der Waals surface area contributed by atoms with Crippen LogP contribution in [0.4, 0.5) is 17.1 Å². The van der Waals surface area contributed by atoms with Crippen molar-refractivity contribution in [2.45, 2.75) is 11.8 Å². The monoisotopic (exact) mass is 544 g/mol. The number of primary sulfonamides is 1. The summed E-state index contributed by atoms with van der Waals surface area (Å²) in [4.78, 5) is 39.0. The Morgan fingerprint density at radius 3 is 2.08 bits per heavy atom. The number of carbonyl (C=O) groups excluding carboxylic acids is 3. The molecule has 0 spiro atoms. The van der Waals surface area contributed by atoms with Crippen LogP contribution in [0.15, 0.2) is 82.4 Å². The number of anilines is 3. The Morgan fingerprint density at radius 1 is 0.889 bits per heavy atom. The first-order valence-electron chi connectivity index (χ1n) is 10.3. The van der Waals surface area contributed by atoms with Gasteiger partial charge >= 0.3 is 0 Å². The van der Waals surface area contributed by atoms with Crippen LogP contribution in [0.3, 0.4) is 0 Å². The van der Waals surface area contributed by atoms with Crippen LogP contribution in [-0.4, -0.2) is 26.1 Å². The first kappa shape index (κ1) is 25.4. The Balaban J connectivity index is 1.46. The first-order valence-corrected chi connectivity index (χ1v) is 12.6. The lowest BCUT2D eigenvalue weighted by atomic mass is 10.2. The number of amides is 3. The summed E-state index contributed by atoms with van der Waals surface area (Å²) in [6, 6.07) is 16.3. The highest BCUT2D eigenvalue weighted by atomic mass is 35.5. The average Bonchev–Trinajstić information content (AvgIpc) is 3.04. The van der Waals surface area contributed by atoms with Crippen LogP contribution in [0, 0.1) is 6.92 Å². The number of imide groups is 1. The van der Waals surface area contributed by atoms with Crippen molar-refractivity contribution >= 4 is 68.0 Å². The van der Waals surface area contributed by atoms with Crippen molar-refractivity contribution in [3.8, 4) is 0 Å². The number of nitrogens with one attached hydrogen (secondary N) is 2. The standard InChI is InChI=1S/C24H18Cl2N4O5S/c1-13-2-9-17(12-19(13)25)30-23(32)20(26)21(24(30)33)28-15-5-3-14(4-6-15)22(31)29-16-7-10-18(11-8-16)36(27,34)35/h2-12,28H,1H3,(H,29,31)(H2,27,34,35). The number of hydrogen-bond acceptors (Lipinski definition) is 6. The van der Waals surface area contributed by atoms with E-state index in [2.05, 4.69) is 10.6 Å². The van der Waals surface area contributed by atoms with Crippen molar-refractivity contribution in [3.05, 3.63) is 93.6 Å². The third kappa shape index (κ3) is 5.12. The van der Waals surface area contributed by atoms with Crippen LogP contribution in [0.25, 0.3) is 0 Å². The van der Waals surface area contributed by atoms with Gasteiger partial charge in [-0.3, -0.25) is 14.4 Å². The zero-order chi connectivity index (χ0) is 26.2. The summed E-state index contributed by atoms with van der Waals surface area (Å²) in [5, 5.41) is 10.7. The van der Waals surface area contributed by atoms with E-state index >= 15 is 0 Å². The lowest BCUT2D eigenvalue weighted by molar-refractivity contribution is -0.120. The van der Waals surface area contributed by atoms with E-state index < -0.39 is 27.7 Å². The highest BCUT2D eigenvalue weighted by Gasteiger charge is 2.39. The summed E-state index contributed by atoms with van der Waals surface area (Å²) in [5.74, 6) is -1.78. The molecule has 0 saturated heterocycles. The number of nitrogens with two attached hydrogens (primary N) is 1. The molecular formula is C24H18Cl2N4O5S. The maximum absolute atomic E-state index is 12.9. The summed E-state index contributed by atoms with van der Waals surface area (Å²) in [7, 11) is -3.84. The molecule has 1 heterocycles. The summed E-state index contributed by atoms with van der Waals surface area (Å²) in [6.45, 7) is 1.80.